The molecule has 3 heteroatoms. The van der Waals surface area contributed by atoms with E-state index in [1.165, 1.54) is 5.56 Å². The van der Waals surface area contributed by atoms with E-state index in [9.17, 15) is 5.11 Å². The summed E-state index contributed by atoms with van der Waals surface area (Å²) < 4.78 is 4.88. The topological polar surface area (TPSA) is 41.5 Å². The molecule has 1 atom stereocenters. The van der Waals surface area contributed by atoms with Crippen LogP contribution in [-0.4, -0.2) is 31.5 Å². The normalized spacial score (nSPS) is 12.8. The molecule has 0 aliphatic heterocycles. The monoisotopic (exact) mass is 223 g/mol. The lowest BCUT2D eigenvalue weighted by atomic mass is 10.0. The van der Waals surface area contributed by atoms with Crippen molar-refractivity contribution >= 4 is 5.69 Å². The number of ether oxygens (including phenoxy) is 1. The van der Waals surface area contributed by atoms with E-state index in [4.69, 9.17) is 4.74 Å². The molecule has 1 rings (SSSR count). The van der Waals surface area contributed by atoms with Crippen molar-refractivity contribution in [2.24, 2.45) is 0 Å². The van der Waals surface area contributed by atoms with Crippen LogP contribution in [0.15, 0.2) is 24.3 Å². The minimum Gasteiger partial charge on any atom is -0.389 e. The average Bonchev–Trinajstić information content (AvgIpc) is 2.27. The van der Waals surface area contributed by atoms with Gasteiger partial charge in [0.25, 0.3) is 0 Å². The number of methoxy groups -OCH3 is 1. The van der Waals surface area contributed by atoms with Crippen LogP contribution in [0.3, 0.4) is 0 Å². The number of rotatable bonds is 6. The molecule has 0 amide bonds. The van der Waals surface area contributed by atoms with Crippen molar-refractivity contribution < 1.29 is 9.84 Å². The van der Waals surface area contributed by atoms with E-state index in [0.717, 1.165) is 5.69 Å². The second-order valence-corrected chi connectivity index (χ2v) is 4.23. The zero-order valence-electron chi connectivity index (χ0n) is 10.2. The van der Waals surface area contributed by atoms with Crippen molar-refractivity contribution in [2.45, 2.75) is 25.9 Å². The van der Waals surface area contributed by atoms with E-state index >= 15 is 0 Å². The van der Waals surface area contributed by atoms with Crippen molar-refractivity contribution in [3.8, 4) is 0 Å². The predicted octanol–water partition coefficient (Wildman–Crippen LogP) is 2.23. The van der Waals surface area contributed by atoms with Gasteiger partial charge in [-0.3, -0.25) is 0 Å². The van der Waals surface area contributed by atoms with E-state index < -0.39 is 6.10 Å². The quantitative estimate of drug-likeness (QED) is 0.777. The Morgan fingerprint density at radius 1 is 1.31 bits per heavy atom. The highest BCUT2D eigenvalue weighted by Crippen LogP contribution is 2.23. The molecule has 2 N–H and O–H groups in total. The van der Waals surface area contributed by atoms with Crippen molar-refractivity contribution in [1.29, 1.82) is 0 Å². The molecule has 90 valence electrons. The summed E-state index contributed by atoms with van der Waals surface area (Å²) in [6, 6.07) is 8.17. The van der Waals surface area contributed by atoms with Crippen molar-refractivity contribution in [3.05, 3.63) is 29.8 Å². The molecule has 1 aromatic carbocycles. The molecule has 3 nitrogen and oxygen atoms in total. The smallest absolute Gasteiger partial charge is 0.0945 e. The van der Waals surface area contributed by atoms with E-state index in [1.807, 2.05) is 18.2 Å². The van der Waals surface area contributed by atoms with Gasteiger partial charge in [0.1, 0.15) is 0 Å². The van der Waals surface area contributed by atoms with Gasteiger partial charge in [-0.2, -0.15) is 0 Å². The van der Waals surface area contributed by atoms with Crippen LogP contribution < -0.4 is 5.32 Å². The maximum Gasteiger partial charge on any atom is 0.0945 e. The summed E-state index contributed by atoms with van der Waals surface area (Å²) in [4.78, 5) is 0. The van der Waals surface area contributed by atoms with Crippen molar-refractivity contribution in [1.82, 2.24) is 0 Å². The van der Waals surface area contributed by atoms with Gasteiger partial charge >= 0.3 is 0 Å². The van der Waals surface area contributed by atoms with Gasteiger partial charge in [-0.15, -0.1) is 0 Å². The van der Waals surface area contributed by atoms with Gasteiger partial charge in [-0.1, -0.05) is 32.0 Å². The Labute approximate surface area is 97.4 Å². The van der Waals surface area contributed by atoms with E-state index in [-0.39, 0.29) is 0 Å². The lowest BCUT2D eigenvalue weighted by molar-refractivity contribution is 0.0727. The Balaban J connectivity index is 2.59. The first-order valence-electron chi connectivity index (χ1n) is 5.65. The number of anilines is 1. The average molecular weight is 223 g/mol. The molecule has 0 spiro atoms. The SMILES string of the molecule is COCC(O)CNc1ccccc1C(C)C. The molecule has 16 heavy (non-hydrogen) atoms. The second-order valence-electron chi connectivity index (χ2n) is 4.23. The molecule has 0 aliphatic carbocycles. The van der Waals surface area contributed by atoms with Gasteiger partial charge in [-0.25, -0.2) is 0 Å². The Hall–Kier alpha value is -1.06. The lowest BCUT2D eigenvalue weighted by Crippen LogP contribution is -2.24. The first-order valence-corrected chi connectivity index (χ1v) is 5.65. The zero-order valence-corrected chi connectivity index (χ0v) is 10.2. The third kappa shape index (κ3) is 3.83. The van der Waals surface area contributed by atoms with Gasteiger partial charge in [0, 0.05) is 19.3 Å². The van der Waals surface area contributed by atoms with Crippen LogP contribution in [0.2, 0.25) is 0 Å². The van der Waals surface area contributed by atoms with Crippen molar-refractivity contribution in [3.63, 3.8) is 0 Å². The number of nitrogens with one attached hydrogen (secondary N) is 1. The highest BCUT2D eigenvalue weighted by Gasteiger charge is 2.07. The van der Waals surface area contributed by atoms with E-state index in [2.05, 4.69) is 25.2 Å². The summed E-state index contributed by atoms with van der Waals surface area (Å²) in [5.41, 5.74) is 2.36. The van der Waals surface area contributed by atoms with Crippen LogP contribution in [0.4, 0.5) is 5.69 Å². The Morgan fingerprint density at radius 2 is 2.00 bits per heavy atom. The van der Waals surface area contributed by atoms with Gasteiger partial charge in [-0.05, 0) is 17.5 Å². The molecule has 0 aliphatic rings. The number of aliphatic hydroxyl groups excluding tert-OH is 1. The van der Waals surface area contributed by atoms with Crippen LogP contribution in [0.5, 0.6) is 0 Å². The molecule has 1 unspecified atom stereocenters. The molecular formula is C13H21NO2. The summed E-state index contributed by atoms with van der Waals surface area (Å²) >= 11 is 0. The maximum absolute atomic E-state index is 9.55. The summed E-state index contributed by atoms with van der Waals surface area (Å²) in [7, 11) is 1.59. The molecule has 0 aromatic heterocycles. The van der Waals surface area contributed by atoms with Gasteiger partial charge in [0.05, 0.1) is 12.7 Å². The van der Waals surface area contributed by atoms with Crippen LogP contribution in [-0.2, 0) is 4.74 Å². The molecule has 0 heterocycles. The van der Waals surface area contributed by atoms with Crippen LogP contribution in [0.25, 0.3) is 0 Å². The molecule has 0 radical (unpaired) electrons. The van der Waals surface area contributed by atoms with Crippen LogP contribution in [0.1, 0.15) is 25.3 Å². The summed E-state index contributed by atoms with van der Waals surface area (Å²) in [6.07, 6.45) is -0.467. The predicted molar refractivity (Wildman–Crippen MR) is 66.9 cm³/mol. The number of benzene rings is 1. The standard InChI is InChI=1S/C13H21NO2/c1-10(2)12-6-4-5-7-13(12)14-8-11(15)9-16-3/h4-7,10-11,14-15H,8-9H2,1-3H3. The van der Waals surface area contributed by atoms with Gasteiger partial charge in [0.2, 0.25) is 0 Å². The molecule has 0 saturated carbocycles. The largest absolute Gasteiger partial charge is 0.389 e. The Bertz CT molecular complexity index is 313. The second kappa shape index (κ2) is 6.51. The maximum atomic E-state index is 9.55. The lowest BCUT2D eigenvalue weighted by Gasteiger charge is -2.16. The van der Waals surface area contributed by atoms with E-state index in [0.29, 0.717) is 19.1 Å². The summed E-state index contributed by atoms with van der Waals surface area (Å²) in [5.74, 6) is 0.475. The first-order chi connectivity index (χ1) is 7.65. The minimum atomic E-state index is -0.467. The fourth-order valence-corrected chi connectivity index (χ4v) is 1.64. The molecule has 0 fully saturated rings. The number of aliphatic hydroxyl groups is 1. The highest BCUT2D eigenvalue weighted by atomic mass is 16.5. The fourth-order valence-electron chi connectivity index (χ4n) is 1.64. The highest BCUT2D eigenvalue weighted by molar-refractivity contribution is 5.52. The van der Waals surface area contributed by atoms with E-state index in [1.54, 1.807) is 7.11 Å². The Morgan fingerprint density at radius 3 is 2.62 bits per heavy atom. The molecule has 1 aromatic rings. The molecule has 0 bridgehead atoms. The third-order valence-electron chi connectivity index (χ3n) is 2.47. The van der Waals surface area contributed by atoms with Crippen LogP contribution >= 0.6 is 0 Å². The third-order valence-corrected chi connectivity index (χ3v) is 2.47. The molecule has 0 saturated heterocycles. The summed E-state index contributed by atoms with van der Waals surface area (Å²) in [5, 5.41) is 12.8. The van der Waals surface area contributed by atoms with Gasteiger partial charge in [0.15, 0.2) is 0 Å². The fraction of sp³-hybridized carbons (Fsp3) is 0.538. The molecular weight excluding hydrogens is 202 g/mol. The number of para-hydroxylation sites is 1. The Kier molecular flexibility index (Phi) is 5.29. The van der Waals surface area contributed by atoms with Crippen LogP contribution in [0, 0.1) is 0 Å². The minimum absolute atomic E-state index is 0.358. The first kappa shape index (κ1) is 13.0. The number of hydrogen-bond donors (Lipinski definition) is 2. The van der Waals surface area contributed by atoms with Gasteiger partial charge < -0.3 is 15.2 Å². The zero-order chi connectivity index (χ0) is 12.0. The number of hydrogen-bond acceptors (Lipinski definition) is 3. The van der Waals surface area contributed by atoms with Crippen molar-refractivity contribution in [2.75, 3.05) is 25.6 Å². The summed E-state index contributed by atoms with van der Waals surface area (Å²) in [6.45, 7) is 5.19.